The van der Waals surface area contributed by atoms with Gasteiger partial charge in [0.2, 0.25) is 0 Å². The lowest BCUT2D eigenvalue weighted by molar-refractivity contribution is 0.598. The first kappa shape index (κ1) is 12.5. The molecular weight excluding hydrogens is 272 g/mol. The predicted molar refractivity (Wildman–Crippen MR) is 71.7 cm³/mol. The van der Waals surface area contributed by atoms with Crippen molar-refractivity contribution in [3.8, 4) is 0 Å². The first-order valence-corrected chi connectivity index (χ1v) is 6.79. The van der Waals surface area contributed by atoms with Crippen molar-refractivity contribution in [1.82, 2.24) is 9.97 Å². The first-order valence-electron chi connectivity index (χ1n) is 4.90. The van der Waals surface area contributed by atoms with Crippen molar-refractivity contribution in [2.45, 2.75) is 5.03 Å². The van der Waals surface area contributed by atoms with Gasteiger partial charge >= 0.3 is 0 Å². The Morgan fingerprint density at radius 3 is 2.50 bits per heavy atom. The van der Waals surface area contributed by atoms with E-state index in [2.05, 4.69) is 14.7 Å². The summed E-state index contributed by atoms with van der Waals surface area (Å²) < 4.78 is 26.1. The number of nitrogens with zero attached hydrogens (tertiary/aromatic N) is 1. The highest BCUT2D eigenvalue weighted by Crippen LogP contribution is 2.14. The molecule has 0 saturated heterocycles. The average Bonchev–Trinajstić information content (AvgIpc) is 2.83. The lowest BCUT2D eigenvalue weighted by atomic mass is 10.2. The van der Waals surface area contributed by atoms with Gasteiger partial charge in [-0.25, -0.2) is 4.98 Å². The van der Waals surface area contributed by atoms with Crippen LogP contribution in [0.25, 0.3) is 0 Å². The molecule has 94 valence electrons. The number of thiocarbonyl (C=S) groups is 1. The fourth-order valence-electron chi connectivity index (χ4n) is 1.30. The van der Waals surface area contributed by atoms with Crippen LogP contribution in [-0.2, 0) is 10.0 Å². The van der Waals surface area contributed by atoms with Crippen molar-refractivity contribution < 1.29 is 8.42 Å². The van der Waals surface area contributed by atoms with Gasteiger partial charge in [-0.3, -0.25) is 4.72 Å². The lowest BCUT2D eigenvalue weighted by Crippen LogP contribution is -2.14. The fraction of sp³-hybridized carbons (Fsp3) is 0. The van der Waals surface area contributed by atoms with Gasteiger partial charge in [0.05, 0.1) is 12.5 Å². The normalized spacial score (nSPS) is 11.1. The Labute approximate surface area is 109 Å². The van der Waals surface area contributed by atoms with E-state index >= 15 is 0 Å². The largest absolute Gasteiger partial charge is 0.389 e. The SMILES string of the molecule is NC(=S)c1ccc(NS(=O)(=O)c2cnc[nH]2)cc1. The molecule has 2 aromatic rings. The lowest BCUT2D eigenvalue weighted by Gasteiger charge is -2.06. The number of rotatable bonds is 4. The monoisotopic (exact) mass is 282 g/mol. The Morgan fingerprint density at radius 2 is 2.00 bits per heavy atom. The van der Waals surface area contributed by atoms with Gasteiger partial charge in [-0.15, -0.1) is 0 Å². The van der Waals surface area contributed by atoms with Gasteiger partial charge in [-0.1, -0.05) is 12.2 Å². The van der Waals surface area contributed by atoms with E-state index in [4.69, 9.17) is 18.0 Å². The standard InChI is InChI=1S/C10H10N4O2S2/c11-10(17)7-1-3-8(4-2-7)14-18(15,16)9-5-12-6-13-9/h1-6,14H,(H2,11,17)(H,12,13). The molecule has 0 amide bonds. The maximum absolute atomic E-state index is 11.8. The molecular formula is C10H10N4O2S2. The second kappa shape index (κ2) is 4.75. The number of imidazole rings is 1. The Balaban J connectivity index is 2.22. The van der Waals surface area contributed by atoms with Crippen molar-refractivity contribution in [3.05, 3.63) is 42.4 Å². The Kier molecular flexibility index (Phi) is 3.30. The fourth-order valence-corrected chi connectivity index (χ4v) is 2.40. The van der Waals surface area contributed by atoms with Crippen LogP contribution in [0.2, 0.25) is 0 Å². The van der Waals surface area contributed by atoms with Gasteiger partial charge in [0.25, 0.3) is 10.0 Å². The summed E-state index contributed by atoms with van der Waals surface area (Å²) in [6.45, 7) is 0. The van der Waals surface area contributed by atoms with E-state index in [0.717, 1.165) is 0 Å². The van der Waals surface area contributed by atoms with E-state index in [1.165, 1.54) is 12.5 Å². The maximum atomic E-state index is 11.8. The summed E-state index contributed by atoms with van der Waals surface area (Å²) in [7, 11) is -3.64. The molecule has 0 aliphatic carbocycles. The third-order valence-corrected chi connectivity index (χ3v) is 3.73. The molecule has 18 heavy (non-hydrogen) atoms. The van der Waals surface area contributed by atoms with Crippen LogP contribution in [0.4, 0.5) is 5.69 Å². The number of hydrogen-bond acceptors (Lipinski definition) is 4. The van der Waals surface area contributed by atoms with E-state index in [9.17, 15) is 8.42 Å². The number of nitrogens with two attached hydrogens (primary N) is 1. The molecule has 4 N–H and O–H groups in total. The van der Waals surface area contributed by atoms with Gasteiger partial charge in [-0.05, 0) is 24.3 Å². The number of aromatic nitrogens is 2. The molecule has 0 fully saturated rings. The van der Waals surface area contributed by atoms with Crippen LogP contribution in [0.3, 0.4) is 0 Å². The summed E-state index contributed by atoms with van der Waals surface area (Å²) in [5.74, 6) is 0. The minimum absolute atomic E-state index is 0.000854. The summed E-state index contributed by atoms with van der Waals surface area (Å²) in [6, 6.07) is 6.46. The quantitative estimate of drug-likeness (QED) is 0.722. The predicted octanol–water partition coefficient (Wildman–Crippen LogP) is 0.845. The van der Waals surface area contributed by atoms with E-state index in [0.29, 0.717) is 11.3 Å². The molecule has 0 saturated carbocycles. The van der Waals surface area contributed by atoms with E-state index in [-0.39, 0.29) is 10.0 Å². The van der Waals surface area contributed by atoms with Crippen LogP contribution in [0.15, 0.2) is 41.8 Å². The van der Waals surface area contributed by atoms with Gasteiger partial charge in [0.15, 0.2) is 5.03 Å². The van der Waals surface area contributed by atoms with Gasteiger partial charge < -0.3 is 10.7 Å². The summed E-state index contributed by atoms with van der Waals surface area (Å²) in [4.78, 5) is 6.45. The second-order valence-electron chi connectivity index (χ2n) is 3.46. The molecule has 0 spiro atoms. The summed E-state index contributed by atoms with van der Waals surface area (Å²) in [5.41, 5.74) is 6.54. The smallest absolute Gasteiger partial charge is 0.278 e. The van der Waals surface area contributed by atoms with E-state index < -0.39 is 10.0 Å². The highest BCUT2D eigenvalue weighted by Gasteiger charge is 2.15. The van der Waals surface area contributed by atoms with E-state index in [1.807, 2.05) is 0 Å². The van der Waals surface area contributed by atoms with Crippen LogP contribution < -0.4 is 10.5 Å². The second-order valence-corrected chi connectivity index (χ2v) is 5.55. The van der Waals surface area contributed by atoms with Crippen molar-refractivity contribution in [1.29, 1.82) is 0 Å². The minimum atomic E-state index is -3.64. The number of aromatic amines is 1. The number of benzene rings is 1. The topological polar surface area (TPSA) is 101 Å². The Bertz CT molecular complexity index is 648. The summed E-state index contributed by atoms with van der Waals surface area (Å²) in [5, 5.41) is 0.000854. The first-order chi connectivity index (χ1) is 8.49. The number of H-pyrrole nitrogens is 1. The molecule has 1 aromatic heterocycles. The molecule has 2 rings (SSSR count). The molecule has 0 aliphatic rings. The highest BCUT2D eigenvalue weighted by atomic mass is 32.2. The molecule has 0 unspecified atom stereocenters. The molecule has 0 radical (unpaired) electrons. The van der Waals surface area contributed by atoms with E-state index in [1.54, 1.807) is 24.3 Å². The highest BCUT2D eigenvalue weighted by molar-refractivity contribution is 7.92. The zero-order valence-electron chi connectivity index (χ0n) is 9.12. The van der Waals surface area contributed by atoms with Crippen molar-refractivity contribution >= 4 is 32.9 Å². The van der Waals surface area contributed by atoms with Crippen molar-refractivity contribution in [2.24, 2.45) is 5.73 Å². The summed E-state index contributed by atoms with van der Waals surface area (Å²) >= 11 is 4.81. The maximum Gasteiger partial charge on any atom is 0.278 e. The number of hydrogen-bond donors (Lipinski definition) is 3. The zero-order chi connectivity index (χ0) is 13.2. The van der Waals surface area contributed by atoms with Crippen LogP contribution in [0.1, 0.15) is 5.56 Å². The number of nitrogens with one attached hydrogen (secondary N) is 2. The molecule has 6 nitrogen and oxygen atoms in total. The Morgan fingerprint density at radius 1 is 1.33 bits per heavy atom. The number of anilines is 1. The molecule has 0 bridgehead atoms. The third kappa shape index (κ3) is 2.66. The number of sulfonamides is 1. The zero-order valence-corrected chi connectivity index (χ0v) is 10.8. The van der Waals surface area contributed by atoms with Crippen LogP contribution >= 0.6 is 12.2 Å². The molecule has 0 aliphatic heterocycles. The van der Waals surface area contributed by atoms with Crippen molar-refractivity contribution in [2.75, 3.05) is 4.72 Å². The summed E-state index contributed by atoms with van der Waals surface area (Å²) in [6.07, 6.45) is 2.52. The molecule has 8 heteroatoms. The molecule has 1 heterocycles. The van der Waals surface area contributed by atoms with Gasteiger partial charge in [0.1, 0.15) is 4.99 Å². The van der Waals surface area contributed by atoms with Crippen LogP contribution in [0.5, 0.6) is 0 Å². The van der Waals surface area contributed by atoms with Crippen LogP contribution in [0, 0.1) is 0 Å². The van der Waals surface area contributed by atoms with Gasteiger partial charge in [0, 0.05) is 11.3 Å². The van der Waals surface area contributed by atoms with Crippen molar-refractivity contribution in [3.63, 3.8) is 0 Å². The Hall–Kier alpha value is -1.93. The third-order valence-electron chi connectivity index (χ3n) is 2.18. The minimum Gasteiger partial charge on any atom is -0.389 e. The average molecular weight is 282 g/mol. The van der Waals surface area contributed by atoms with Crippen LogP contribution in [-0.4, -0.2) is 23.4 Å². The van der Waals surface area contributed by atoms with Gasteiger partial charge in [-0.2, -0.15) is 8.42 Å². The molecule has 1 aromatic carbocycles. The molecule has 0 atom stereocenters.